The van der Waals surface area contributed by atoms with Crippen molar-refractivity contribution < 1.29 is 14.3 Å². The number of nitrogens with two attached hydrogens (primary N) is 1. The van der Waals surface area contributed by atoms with Gasteiger partial charge in [-0.15, -0.1) is 0 Å². The van der Waals surface area contributed by atoms with E-state index in [0.717, 1.165) is 100 Å². The molecule has 3 heterocycles. The molecule has 4 rings (SSSR count). The van der Waals surface area contributed by atoms with E-state index in [-0.39, 0.29) is 6.41 Å². The molecule has 2 aliphatic heterocycles. The summed E-state index contributed by atoms with van der Waals surface area (Å²) in [5.41, 5.74) is 7.41. The Morgan fingerprint density at radius 3 is 2.33 bits per heavy atom. The zero-order valence-electron chi connectivity index (χ0n) is 19.2. The highest BCUT2D eigenvalue weighted by Crippen LogP contribution is 2.24. The van der Waals surface area contributed by atoms with Crippen LogP contribution in [0.3, 0.4) is 0 Å². The summed E-state index contributed by atoms with van der Waals surface area (Å²) in [7, 11) is 0. The van der Waals surface area contributed by atoms with E-state index in [2.05, 4.69) is 57.4 Å². The van der Waals surface area contributed by atoms with Gasteiger partial charge in [-0.25, -0.2) is 9.97 Å². The molecule has 2 saturated heterocycles. The molecule has 0 atom stereocenters. The van der Waals surface area contributed by atoms with E-state index < -0.39 is 0 Å². The van der Waals surface area contributed by atoms with Crippen molar-refractivity contribution in [1.82, 2.24) is 14.9 Å². The first-order chi connectivity index (χ1) is 16.2. The van der Waals surface area contributed by atoms with Crippen molar-refractivity contribution >= 4 is 29.7 Å². The Morgan fingerprint density at radius 2 is 1.70 bits per heavy atom. The van der Waals surface area contributed by atoms with Crippen LogP contribution in [0.2, 0.25) is 0 Å². The molecule has 0 aliphatic carbocycles. The monoisotopic (exact) mass is 474 g/mol. The Labute approximate surface area is 200 Å². The van der Waals surface area contributed by atoms with Gasteiger partial charge in [0.15, 0.2) is 5.82 Å². The predicted octanol–water partition coefficient (Wildman–Crippen LogP) is 1.69. The molecule has 2 fully saturated rings. The lowest BCUT2D eigenvalue weighted by atomic mass is 10.2. The Balaban J connectivity index is 0.000000968. The number of anilines is 2. The Bertz CT molecular complexity index is 843. The van der Waals surface area contributed by atoms with Crippen LogP contribution in [0.4, 0.5) is 11.5 Å². The maximum Gasteiger partial charge on any atom is 0.204 e. The lowest BCUT2D eigenvalue weighted by Crippen LogP contribution is -2.38. The number of benzene rings is 1. The van der Waals surface area contributed by atoms with Gasteiger partial charge in [-0.1, -0.05) is 0 Å². The van der Waals surface area contributed by atoms with Crippen LogP contribution in [0.15, 0.2) is 30.3 Å². The lowest BCUT2D eigenvalue weighted by Gasteiger charge is -2.28. The van der Waals surface area contributed by atoms with Crippen LogP contribution in [-0.2, 0) is 20.0 Å². The normalized spacial score (nSPS) is 16.6. The van der Waals surface area contributed by atoms with Crippen molar-refractivity contribution in [2.45, 2.75) is 5.75 Å². The molecule has 0 spiro atoms. The summed E-state index contributed by atoms with van der Waals surface area (Å²) >= 11 is 1.78. The van der Waals surface area contributed by atoms with Crippen LogP contribution >= 0.6 is 11.8 Å². The second-order valence-electron chi connectivity index (χ2n) is 7.67. The fraction of sp³-hybridized carbons (Fsp3) is 0.522. The maximum absolute atomic E-state index is 8.58. The minimum Gasteiger partial charge on any atom is -0.384 e. The van der Waals surface area contributed by atoms with E-state index in [1.165, 1.54) is 0 Å². The number of ether oxygens (including phenoxy) is 2. The maximum atomic E-state index is 8.58. The first kappa shape index (κ1) is 25.2. The number of primary amides is 1. The Hall–Kier alpha value is -2.40. The fourth-order valence-corrected chi connectivity index (χ4v) is 4.15. The van der Waals surface area contributed by atoms with E-state index in [4.69, 9.17) is 24.2 Å². The SMILES string of the molecule is CSCc1cc(N2CCOCC2)nc(-c2ccc(NCCN3CCOCC3)cc2)n1.NC=O. The second kappa shape index (κ2) is 14.0. The van der Waals surface area contributed by atoms with Gasteiger partial charge < -0.3 is 25.4 Å². The first-order valence-electron chi connectivity index (χ1n) is 11.2. The highest BCUT2D eigenvalue weighted by molar-refractivity contribution is 7.97. The fourth-order valence-electron chi connectivity index (χ4n) is 3.71. The smallest absolute Gasteiger partial charge is 0.204 e. The van der Waals surface area contributed by atoms with Gasteiger partial charge >= 0.3 is 0 Å². The molecule has 0 bridgehead atoms. The summed E-state index contributed by atoms with van der Waals surface area (Å²) in [6, 6.07) is 10.6. The molecule has 0 radical (unpaired) electrons. The van der Waals surface area contributed by atoms with Crippen molar-refractivity contribution in [2.75, 3.05) is 82.2 Å². The number of morpholine rings is 2. The van der Waals surface area contributed by atoms with Gasteiger partial charge in [-0.05, 0) is 30.5 Å². The average Bonchev–Trinajstić information content (AvgIpc) is 2.86. The molecule has 180 valence electrons. The lowest BCUT2D eigenvalue weighted by molar-refractivity contribution is -0.106. The predicted molar refractivity (Wildman–Crippen MR) is 134 cm³/mol. The standard InChI is InChI=1S/C22H31N5O2S.CH3NO/c1-30-17-20-16-21(27-10-14-29-15-11-27)25-22(24-20)18-2-4-19(5-3-18)23-6-7-26-8-12-28-13-9-26;2-1-3/h2-5,16,23H,6-15,17H2,1H3;1H,(H2,2,3). The van der Waals surface area contributed by atoms with Crippen LogP contribution in [-0.4, -0.2) is 93.2 Å². The molecule has 10 heteroatoms. The number of carbonyl (C=O) groups is 1. The molecular weight excluding hydrogens is 440 g/mol. The van der Waals surface area contributed by atoms with Crippen molar-refractivity contribution in [3.8, 4) is 11.4 Å². The van der Waals surface area contributed by atoms with E-state index in [1.54, 1.807) is 11.8 Å². The van der Waals surface area contributed by atoms with Gasteiger partial charge in [0, 0.05) is 62.3 Å². The zero-order chi connectivity index (χ0) is 23.3. The summed E-state index contributed by atoms with van der Waals surface area (Å²) in [5, 5.41) is 3.52. The Kier molecular flexibility index (Phi) is 10.7. The minimum absolute atomic E-state index is 0.250. The summed E-state index contributed by atoms with van der Waals surface area (Å²) in [6.45, 7) is 8.96. The van der Waals surface area contributed by atoms with E-state index in [9.17, 15) is 0 Å². The molecule has 1 amide bonds. The second-order valence-corrected chi connectivity index (χ2v) is 8.53. The van der Waals surface area contributed by atoms with E-state index in [0.29, 0.717) is 0 Å². The quantitative estimate of drug-likeness (QED) is 0.553. The highest BCUT2D eigenvalue weighted by Gasteiger charge is 2.16. The van der Waals surface area contributed by atoms with Crippen molar-refractivity contribution in [2.24, 2.45) is 5.73 Å². The third-order valence-corrected chi connectivity index (χ3v) is 5.98. The minimum atomic E-state index is 0.250. The van der Waals surface area contributed by atoms with E-state index >= 15 is 0 Å². The molecule has 1 aromatic carbocycles. The number of amides is 1. The number of nitrogens with one attached hydrogen (secondary N) is 1. The molecule has 0 saturated carbocycles. The van der Waals surface area contributed by atoms with Gasteiger partial charge in [0.1, 0.15) is 5.82 Å². The van der Waals surface area contributed by atoms with Gasteiger partial charge in [0.05, 0.1) is 32.1 Å². The first-order valence-corrected chi connectivity index (χ1v) is 12.6. The van der Waals surface area contributed by atoms with E-state index in [1.807, 2.05) is 0 Å². The van der Waals surface area contributed by atoms with Crippen LogP contribution in [0, 0.1) is 0 Å². The zero-order valence-corrected chi connectivity index (χ0v) is 20.1. The largest absolute Gasteiger partial charge is 0.384 e. The summed E-state index contributed by atoms with van der Waals surface area (Å²) in [4.78, 5) is 23.0. The van der Waals surface area contributed by atoms with Gasteiger partial charge in [-0.3, -0.25) is 9.69 Å². The summed E-state index contributed by atoms with van der Waals surface area (Å²) in [5.74, 6) is 2.68. The van der Waals surface area contributed by atoms with Crippen LogP contribution in [0.1, 0.15) is 5.69 Å². The highest BCUT2D eigenvalue weighted by atomic mass is 32.2. The van der Waals surface area contributed by atoms with Crippen molar-refractivity contribution in [3.05, 3.63) is 36.0 Å². The van der Waals surface area contributed by atoms with Gasteiger partial charge in [-0.2, -0.15) is 11.8 Å². The van der Waals surface area contributed by atoms with Crippen molar-refractivity contribution in [3.63, 3.8) is 0 Å². The number of rotatable bonds is 8. The summed E-state index contributed by atoms with van der Waals surface area (Å²) in [6.07, 6.45) is 2.35. The van der Waals surface area contributed by atoms with Crippen LogP contribution < -0.4 is 16.0 Å². The number of hydrogen-bond donors (Lipinski definition) is 2. The topological polar surface area (TPSA) is 106 Å². The molecular formula is C23H34N6O3S. The Morgan fingerprint density at radius 1 is 1.06 bits per heavy atom. The molecule has 9 nitrogen and oxygen atoms in total. The third-order valence-electron chi connectivity index (χ3n) is 5.40. The number of carbonyl (C=O) groups excluding carboxylic acids is 1. The number of aromatic nitrogens is 2. The molecule has 33 heavy (non-hydrogen) atoms. The van der Waals surface area contributed by atoms with Crippen molar-refractivity contribution in [1.29, 1.82) is 0 Å². The molecule has 0 unspecified atom stereocenters. The third kappa shape index (κ3) is 8.15. The molecule has 3 N–H and O–H groups in total. The molecule has 1 aromatic heterocycles. The van der Waals surface area contributed by atoms with Crippen LogP contribution in [0.25, 0.3) is 11.4 Å². The van der Waals surface area contributed by atoms with Gasteiger partial charge in [0.2, 0.25) is 6.41 Å². The number of nitrogens with zero attached hydrogens (tertiary/aromatic N) is 4. The molecule has 2 aliphatic rings. The van der Waals surface area contributed by atoms with Gasteiger partial charge in [0.25, 0.3) is 0 Å². The summed E-state index contributed by atoms with van der Waals surface area (Å²) < 4.78 is 10.9. The molecule has 2 aromatic rings. The number of thioether (sulfide) groups is 1. The number of hydrogen-bond acceptors (Lipinski definition) is 9. The van der Waals surface area contributed by atoms with Crippen LogP contribution in [0.5, 0.6) is 0 Å². The average molecular weight is 475 g/mol.